The molecule has 20 heavy (non-hydrogen) atoms. The summed E-state index contributed by atoms with van der Waals surface area (Å²) in [5.41, 5.74) is 4.88. The average molecular weight is 287 g/mol. The van der Waals surface area contributed by atoms with Crippen molar-refractivity contribution >= 4 is 17.3 Å². The van der Waals surface area contributed by atoms with Gasteiger partial charge in [-0.2, -0.15) is 0 Å². The lowest BCUT2D eigenvalue weighted by Crippen LogP contribution is -1.97. The van der Waals surface area contributed by atoms with Crippen molar-refractivity contribution in [3.05, 3.63) is 76.7 Å². The Labute approximate surface area is 125 Å². The first-order valence-corrected chi connectivity index (χ1v) is 6.78. The molecule has 0 unspecified atom stereocenters. The summed E-state index contributed by atoms with van der Waals surface area (Å²) in [6.45, 7) is 8.29. The van der Waals surface area contributed by atoms with Gasteiger partial charge in [-0.05, 0) is 49.6 Å². The van der Waals surface area contributed by atoms with Crippen molar-refractivity contribution in [2.24, 2.45) is 5.16 Å². The zero-order valence-electron chi connectivity index (χ0n) is 11.7. The lowest BCUT2D eigenvalue weighted by Gasteiger charge is -2.05. The third-order valence-electron chi connectivity index (χ3n) is 2.98. The number of rotatable bonds is 4. The monoisotopic (exact) mass is 286 g/mol. The maximum absolute atomic E-state index is 5.95. The highest BCUT2D eigenvalue weighted by Gasteiger charge is 2.01. The predicted octanol–water partition coefficient (Wildman–Crippen LogP) is 4.77. The van der Waals surface area contributed by atoms with Crippen LogP contribution in [0.5, 0.6) is 0 Å². The van der Waals surface area contributed by atoms with Gasteiger partial charge < -0.3 is 4.84 Å². The second-order valence-electron chi connectivity index (χ2n) is 4.75. The highest BCUT2D eigenvalue weighted by Crippen LogP contribution is 2.17. The first-order valence-electron chi connectivity index (χ1n) is 6.40. The molecule has 0 spiro atoms. The fraction of sp³-hybridized carbons (Fsp3) is 0.176. The van der Waals surface area contributed by atoms with E-state index in [9.17, 15) is 0 Å². The Morgan fingerprint density at radius 2 is 2.05 bits per heavy atom. The molecule has 0 aliphatic heterocycles. The minimum atomic E-state index is 0.462. The molecule has 0 atom stereocenters. The molecular weight excluding hydrogens is 270 g/mol. The molecule has 0 amide bonds. The molecule has 0 saturated heterocycles. The van der Waals surface area contributed by atoms with Crippen molar-refractivity contribution in [2.75, 3.05) is 0 Å². The van der Waals surface area contributed by atoms with E-state index in [4.69, 9.17) is 16.4 Å². The number of hydrogen-bond donors (Lipinski definition) is 0. The van der Waals surface area contributed by atoms with E-state index in [1.165, 1.54) is 5.56 Å². The summed E-state index contributed by atoms with van der Waals surface area (Å²) in [5, 5.41) is 4.79. The minimum Gasteiger partial charge on any atom is -0.391 e. The largest absolute Gasteiger partial charge is 0.391 e. The maximum atomic E-state index is 5.95. The fourth-order valence-corrected chi connectivity index (χ4v) is 1.98. The van der Waals surface area contributed by atoms with Gasteiger partial charge in [0, 0.05) is 5.02 Å². The van der Waals surface area contributed by atoms with Crippen LogP contribution in [0.15, 0.2) is 47.6 Å². The third kappa shape index (κ3) is 3.84. The standard InChI is InChI=1S/C17H17ClNO/c1-12-5-4-6-15(9-12)11-20-19-14(3)16-7-8-17(18)13(2)10-16/h4-10H,2,11H2,1,3H3. The molecule has 0 N–H and O–H groups in total. The van der Waals surface area contributed by atoms with Gasteiger partial charge in [-0.25, -0.2) is 0 Å². The van der Waals surface area contributed by atoms with Gasteiger partial charge in [-0.15, -0.1) is 0 Å². The van der Waals surface area contributed by atoms with Gasteiger partial charge in [0.2, 0.25) is 0 Å². The normalized spacial score (nSPS) is 11.5. The number of nitrogens with zero attached hydrogens (tertiary/aromatic N) is 1. The Kier molecular flexibility index (Phi) is 4.80. The summed E-state index contributed by atoms with van der Waals surface area (Å²) in [6.07, 6.45) is 0. The van der Waals surface area contributed by atoms with E-state index in [2.05, 4.69) is 31.1 Å². The van der Waals surface area contributed by atoms with Crippen molar-refractivity contribution in [1.29, 1.82) is 0 Å². The highest BCUT2D eigenvalue weighted by atomic mass is 35.5. The van der Waals surface area contributed by atoms with Crippen molar-refractivity contribution in [3.8, 4) is 0 Å². The van der Waals surface area contributed by atoms with Crippen LogP contribution < -0.4 is 0 Å². The third-order valence-corrected chi connectivity index (χ3v) is 3.35. The first kappa shape index (κ1) is 14.6. The van der Waals surface area contributed by atoms with Crippen molar-refractivity contribution in [1.82, 2.24) is 0 Å². The topological polar surface area (TPSA) is 21.6 Å². The van der Waals surface area contributed by atoms with Crippen LogP contribution in [-0.2, 0) is 11.4 Å². The molecular formula is C17H17ClNO. The molecule has 0 heterocycles. The van der Waals surface area contributed by atoms with Crippen molar-refractivity contribution < 1.29 is 4.84 Å². The van der Waals surface area contributed by atoms with Gasteiger partial charge in [0.15, 0.2) is 0 Å². The molecule has 2 aromatic rings. The van der Waals surface area contributed by atoms with Gasteiger partial charge in [-0.1, -0.05) is 52.7 Å². The molecule has 0 aliphatic carbocycles. The Balaban J connectivity index is 2.02. The Bertz CT molecular complexity index is 635. The van der Waals surface area contributed by atoms with Crippen LogP contribution in [0, 0.1) is 13.8 Å². The molecule has 1 radical (unpaired) electrons. The fourth-order valence-electron chi connectivity index (χ4n) is 1.86. The van der Waals surface area contributed by atoms with Gasteiger partial charge >= 0.3 is 0 Å². The van der Waals surface area contributed by atoms with Crippen LogP contribution in [0.1, 0.15) is 29.2 Å². The second-order valence-corrected chi connectivity index (χ2v) is 5.15. The van der Waals surface area contributed by atoms with Gasteiger partial charge in [0.1, 0.15) is 6.61 Å². The summed E-state index contributed by atoms with van der Waals surface area (Å²) in [5.74, 6) is 0. The second kappa shape index (κ2) is 6.58. The molecule has 0 saturated carbocycles. The lowest BCUT2D eigenvalue weighted by atomic mass is 10.1. The number of halogens is 1. The van der Waals surface area contributed by atoms with E-state index in [0.717, 1.165) is 22.4 Å². The molecule has 2 aromatic carbocycles. The quantitative estimate of drug-likeness (QED) is 0.586. The minimum absolute atomic E-state index is 0.462. The molecule has 0 aliphatic rings. The summed E-state index contributed by atoms with van der Waals surface area (Å²) >= 11 is 5.95. The Morgan fingerprint density at radius 1 is 1.25 bits per heavy atom. The van der Waals surface area contributed by atoms with E-state index < -0.39 is 0 Å². The molecule has 2 rings (SSSR count). The highest BCUT2D eigenvalue weighted by molar-refractivity contribution is 6.31. The number of aryl methyl sites for hydroxylation is 1. The molecule has 0 aromatic heterocycles. The van der Waals surface area contributed by atoms with Crippen LogP contribution in [0.25, 0.3) is 0 Å². The van der Waals surface area contributed by atoms with Crippen LogP contribution in [-0.4, -0.2) is 5.71 Å². The van der Waals surface area contributed by atoms with E-state index in [-0.39, 0.29) is 0 Å². The Morgan fingerprint density at radius 3 is 2.75 bits per heavy atom. The van der Waals surface area contributed by atoms with Gasteiger partial charge in [-0.3, -0.25) is 0 Å². The zero-order chi connectivity index (χ0) is 14.5. The van der Waals surface area contributed by atoms with Gasteiger partial charge in [0.25, 0.3) is 0 Å². The summed E-state index contributed by atoms with van der Waals surface area (Å²) < 4.78 is 0. The summed E-state index contributed by atoms with van der Waals surface area (Å²) in [4.78, 5) is 5.40. The predicted molar refractivity (Wildman–Crippen MR) is 84.1 cm³/mol. The number of benzene rings is 2. The van der Waals surface area contributed by atoms with Crippen molar-refractivity contribution in [3.63, 3.8) is 0 Å². The van der Waals surface area contributed by atoms with E-state index in [0.29, 0.717) is 11.6 Å². The molecule has 0 bridgehead atoms. The molecule has 3 heteroatoms. The van der Waals surface area contributed by atoms with Gasteiger partial charge in [0.05, 0.1) is 5.71 Å². The molecule has 2 nitrogen and oxygen atoms in total. The van der Waals surface area contributed by atoms with Crippen LogP contribution in [0.4, 0.5) is 0 Å². The maximum Gasteiger partial charge on any atom is 0.142 e. The molecule has 103 valence electrons. The first-order chi connectivity index (χ1) is 9.56. The van der Waals surface area contributed by atoms with E-state index in [1.807, 2.05) is 37.3 Å². The smallest absolute Gasteiger partial charge is 0.142 e. The molecule has 0 fully saturated rings. The lowest BCUT2D eigenvalue weighted by molar-refractivity contribution is 0.130. The number of hydrogen-bond acceptors (Lipinski definition) is 2. The average Bonchev–Trinajstić information content (AvgIpc) is 2.42. The van der Waals surface area contributed by atoms with Crippen LogP contribution in [0.2, 0.25) is 5.02 Å². The van der Waals surface area contributed by atoms with Crippen molar-refractivity contribution in [2.45, 2.75) is 20.5 Å². The van der Waals surface area contributed by atoms with E-state index >= 15 is 0 Å². The Hall–Kier alpha value is -1.80. The summed E-state index contributed by atoms with van der Waals surface area (Å²) in [7, 11) is 0. The zero-order valence-corrected chi connectivity index (χ0v) is 12.4. The van der Waals surface area contributed by atoms with Crippen LogP contribution >= 0.6 is 11.6 Å². The number of oxime groups is 1. The van der Waals surface area contributed by atoms with Crippen LogP contribution in [0.3, 0.4) is 0 Å². The SMILES string of the molecule is [CH2]c1cc(C(C)=NOCc2cccc(C)c2)ccc1Cl. The van der Waals surface area contributed by atoms with E-state index in [1.54, 1.807) is 0 Å². The summed E-state index contributed by atoms with van der Waals surface area (Å²) in [6, 6.07) is 13.8.